The minimum Gasteiger partial charge on any atom is -0.493 e. The molecule has 1 atom stereocenters. The van der Waals surface area contributed by atoms with Crippen molar-refractivity contribution >= 4 is 17.5 Å². The normalized spacial score (nSPS) is 12.2. The van der Waals surface area contributed by atoms with Gasteiger partial charge in [0.1, 0.15) is 5.75 Å². The van der Waals surface area contributed by atoms with E-state index >= 15 is 0 Å². The van der Waals surface area contributed by atoms with Crippen molar-refractivity contribution in [3.8, 4) is 5.75 Å². The molecule has 1 amide bonds. The van der Waals surface area contributed by atoms with Crippen LogP contribution in [0.4, 0.5) is 0 Å². The Balaban J connectivity index is 2.27. The van der Waals surface area contributed by atoms with Crippen LogP contribution in [0.2, 0.25) is 0 Å². The molecule has 1 unspecified atom stereocenters. The number of nitrogens with one attached hydrogen (secondary N) is 1. The second-order valence-corrected chi connectivity index (χ2v) is 5.19. The standard InChI is InChI=1S/C15H22ClNO2/c1-12(2)14(8-10-16)17-15(18)9-11-19-13-6-4-3-5-7-13/h3-7,12,14H,8-11H2,1-2H3,(H,17,18). The Morgan fingerprint density at radius 2 is 2.00 bits per heavy atom. The van der Waals surface area contributed by atoms with E-state index in [1.54, 1.807) is 0 Å². The van der Waals surface area contributed by atoms with Gasteiger partial charge < -0.3 is 10.1 Å². The number of hydrogen-bond acceptors (Lipinski definition) is 2. The number of hydrogen-bond donors (Lipinski definition) is 1. The molecule has 0 spiro atoms. The molecule has 1 rings (SSSR count). The summed E-state index contributed by atoms with van der Waals surface area (Å²) in [6.45, 7) is 4.55. The molecule has 3 nitrogen and oxygen atoms in total. The maximum absolute atomic E-state index is 11.8. The molecule has 19 heavy (non-hydrogen) atoms. The maximum atomic E-state index is 11.8. The predicted molar refractivity (Wildman–Crippen MR) is 78.7 cm³/mol. The molecule has 0 aromatic heterocycles. The smallest absolute Gasteiger partial charge is 0.223 e. The Bertz CT molecular complexity index is 368. The molecule has 0 aliphatic rings. The average molecular weight is 284 g/mol. The highest BCUT2D eigenvalue weighted by atomic mass is 35.5. The van der Waals surface area contributed by atoms with Gasteiger partial charge >= 0.3 is 0 Å². The van der Waals surface area contributed by atoms with E-state index in [1.165, 1.54) is 0 Å². The summed E-state index contributed by atoms with van der Waals surface area (Å²) in [5.41, 5.74) is 0. The van der Waals surface area contributed by atoms with E-state index in [0.717, 1.165) is 12.2 Å². The van der Waals surface area contributed by atoms with Crippen LogP contribution in [0, 0.1) is 5.92 Å². The fourth-order valence-corrected chi connectivity index (χ4v) is 1.98. The van der Waals surface area contributed by atoms with Gasteiger partial charge in [0, 0.05) is 11.9 Å². The first-order valence-corrected chi connectivity index (χ1v) is 7.20. The van der Waals surface area contributed by atoms with Crippen LogP contribution in [-0.2, 0) is 4.79 Å². The number of para-hydroxylation sites is 1. The summed E-state index contributed by atoms with van der Waals surface area (Å²) in [6.07, 6.45) is 1.16. The minimum absolute atomic E-state index is 0.0137. The Labute approximate surface area is 120 Å². The van der Waals surface area contributed by atoms with Crippen LogP contribution in [0.3, 0.4) is 0 Å². The molecule has 0 heterocycles. The van der Waals surface area contributed by atoms with E-state index in [2.05, 4.69) is 19.2 Å². The van der Waals surface area contributed by atoms with Gasteiger partial charge in [-0.3, -0.25) is 4.79 Å². The monoisotopic (exact) mass is 283 g/mol. The molecular weight excluding hydrogens is 262 g/mol. The molecule has 0 saturated carbocycles. The summed E-state index contributed by atoms with van der Waals surface area (Å²) in [5, 5.41) is 3.00. The van der Waals surface area contributed by atoms with Crippen molar-refractivity contribution in [1.82, 2.24) is 5.32 Å². The summed E-state index contributed by atoms with van der Waals surface area (Å²) in [5.74, 6) is 1.75. The molecule has 0 bridgehead atoms. The Hall–Kier alpha value is -1.22. The first kappa shape index (κ1) is 15.8. The average Bonchev–Trinajstić information content (AvgIpc) is 2.39. The quantitative estimate of drug-likeness (QED) is 0.744. The highest BCUT2D eigenvalue weighted by Gasteiger charge is 2.15. The first-order valence-electron chi connectivity index (χ1n) is 6.66. The summed E-state index contributed by atoms with van der Waals surface area (Å²) in [7, 11) is 0. The Kier molecular flexibility index (Phi) is 7.34. The van der Waals surface area contributed by atoms with Crippen LogP contribution in [0.15, 0.2) is 30.3 Å². The van der Waals surface area contributed by atoms with Crippen LogP contribution >= 0.6 is 11.6 Å². The lowest BCUT2D eigenvalue weighted by atomic mass is 10.0. The summed E-state index contributed by atoms with van der Waals surface area (Å²) in [6, 6.07) is 9.64. The molecule has 0 saturated heterocycles. The topological polar surface area (TPSA) is 38.3 Å². The van der Waals surface area contributed by atoms with E-state index in [1.807, 2.05) is 30.3 Å². The summed E-state index contributed by atoms with van der Waals surface area (Å²) >= 11 is 5.73. The van der Waals surface area contributed by atoms with Crippen molar-refractivity contribution in [2.75, 3.05) is 12.5 Å². The predicted octanol–water partition coefficient (Wildman–Crippen LogP) is 3.23. The largest absolute Gasteiger partial charge is 0.493 e. The SMILES string of the molecule is CC(C)C(CCCl)NC(=O)CCOc1ccccc1. The van der Waals surface area contributed by atoms with Crippen molar-refractivity contribution < 1.29 is 9.53 Å². The number of amides is 1. The Morgan fingerprint density at radius 3 is 2.58 bits per heavy atom. The second kappa shape index (κ2) is 8.81. The van der Waals surface area contributed by atoms with Gasteiger partial charge in [-0.15, -0.1) is 11.6 Å². The molecule has 1 aromatic rings. The molecular formula is C15H22ClNO2. The van der Waals surface area contributed by atoms with Gasteiger partial charge in [0.2, 0.25) is 5.91 Å². The third kappa shape index (κ3) is 6.48. The molecule has 4 heteroatoms. The number of rotatable bonds is 8. The number of carbonyl (C=O) groups excluding carboxylic acids is 1. The number of carbonyl (C=O) groups is 1. The van der Waals surface area contributed by atoms with Crippen molar-refractivity contribution in [3.05, 3.63) is 30.3 Å². The highest BCUT2D eigenvalue weighted by molar-refractivity contribution is 6.17. The second-order valence-electron chi connectivity index (χ2n) is 4.81. The van der Waals surface area contributed by atoms with Crippen molar-refractivity contribution in [1.29, 1.82) is 0 Å². The zero-order valence-corrected chi connectivity index (χ0v) is 12.3. The summed E-state index contributed by atoms with van der Waals surface area (Å²) in [4.78, 5) is 11.8. The fourth-order valence-electron chi connectivity index (χ4n) is 1.75. The molecule has 1 N–H and O–H groups in total. The molecule has 0 radical (unpaired) electrons. The Morgan fingerprint density at radius 1 is 1.32 bits per heavy atom. The summed E-state index contributed by atoms with van der Waals surface area (Å²) < 4.78 is 5.49. The van der Waals surface area contributed by atoms with Gasteiger partial charge in [-0.25, -0.2) is 0 Å². The van der Waals surface area contributed by atoms with Crippen LogP contribution in [0.5, 0.6) is 5.75 Å². The van der Waals surface area contributed by atoms with E-state index in [4.69, 9.17) is 16.3 Å². The van der Waals surface area contributed by atoms with E-state index in [-0.39, 0.29) is 11.9 Å². The number of benzene rings is 1. The van der Waals surface area contributed by atoms with Crippen LogP contribution in [-0.4, -0.2) is 24.4 Å². The lowest BCUT2D eigenvalue weighted by molar-refractivity contribution is -0.122. The van der Waals surface area contributed by atoms with Gasteiger partial charge in [-0.2, -0.15) is 0 Å². The van der Waals surface area contributed by atoms with E-state index in [9.17, 15) is 4.79 Å². The van der Waals surface area contributed by atoms with Gasteiger partial charge in [-0.1, -0.05) is 32.0 Å². The van der Waals surface area contributed by atoms with Gasteiger partial charge in [-0.05, 0) is 24.5 Å². The van der Waals surface area contributed by atoms with Gasteiger partial charge in [0.15, 0.2) is 0 Å². The zero-order valence-electron chi connectivity index (χ0n) is 11.6. The van der Waals surface area contributed by atoms with Gasteiger partial charge in [0.25, 0.3) is 0 Å². The lowest BCUT2D eigenvalue weighted by Gasteiger charge is -2.21. The number of halogens is 1. The maximum Gasteiger partial charge on any atom is 0.223 e. The molecule has 1 aromatic carbocycles. The van der Waals surface area contributed by atoms with E-state index < -0.39 is 0 Å². The van der Waals surface area contributed by atoms with Crippen molar-refractivity contribution in [3.63, 3.8) is 0 Å². The highest BCUT2D eigenvalue weighted by Crippen LogP contribution is 2.09. The first-order chi connectivity index (χ1) is 9.13. The van der Waals surface area contributed by atoms with E-state index in [0.29, 0.717) is 24.8 Å². The van der Waals surface area contributed by atoms with Crippen molar-refractivity contribution in [2.45, 2.75) is 32.7 Å². The molecule has 106 valence electrons. The lowest BCUT2D eigenvalue weighted by Crippen LogP contribution is -2.39. The van der Waals surface area contributed by atoms with Crippen LogP contribution < -0.4 is 10.1 Å². The zero-order chi connectivity index (χ0) is 14.1. The van der Waals surface area contributed by atoms with Crippen LogP contribution in [0.25, 0.3) is 0 Å². The van der Waals surface area contributed by atoms with Crippen LogP contribution in [0.1, 0.15) is 26.7 Å². The third-order valence-electron chi connectivity index (χ3n) is 2.91. The number of alkyl halides is 1. The third-order valence-corrected chi connectivity index (χ3v) is 3.13. The molecule has 0 aliphatic carbocycles. The molecule has 0 fully saturated rings. The fraction of sp³-hybridized carbons (Fsp3) is 0.533. The molecule has 0 aliphatic heterocycles. The minimum atomic E-state index is 0.0137. The van der Waals surface area contributed by atoms with Gasteiger partial charge in [0.05, 0.1) is 13.0 Å². The van der Waals surface area contributed by atoms with Crippen molar-refractivity contribution in [2.24, 2.45) is 5.92 Å². The number of ether oxygens (including phenoxy) is 1.